The molecule has 0 aromatic heterocycles. The van der Waals surface area contributed by atoms with Crippen LogP contribution >= 0.6 is 24.0 Å². The Morgan fingerprint density at radius 2 is 2.04 bits per heavy atom. The van der Waals surface area contributed by atoms with Crippen LogP contribution in [0.15, 0.2) is 23.2 Å². The van der Waals surface area contributed by atoms with E-state index in [4.69, 9.17) is 5.26 Å². The number of aliphatic imine (C=N–C) groups is 1. The normalized spacial score (nSPS) is 21.8. The molecule has 2 fully saturated rings. The average molecular weight is 499 g/mol. The van der Waals surface area contributed by atoms with E-state index in [1.165, 1.54) is 6.07 Å². The summed E-state index contributed by atoms with van der Waals surface area (Å²) < 4.78 is 14.0. The molecule has 2 aliphatic carbocycles. The highest BCUT2D eigenvalue weighted by Crippen LogP contribution is 2.26. The first kappa shape index (κ1) is 22.4. The zero-order valence-corrected chi connectivity index (χ0v) is 18.3. The van der Waals surface area contributed by atoms with Crippen LogP contribution in [0.5, 0.6) is 0 Å². The van der Waals surface area contributed by atoms with Gasteiger partial charge in [0.05, 0.1) is 11.6 Å². The van der Waals surface area contributed by atoms with Gasteiger partial charge in [0.2, 0.25) is 5.91 Å². The highest BCUT2D eigenvalue weighted by molar-refractivity contribution is 14.0. The van der Waals surface area contributed by atoms with E-state index in [9.17, 15) is 9.18 Å². The number of amides is 1. The van der Waals surface area contributed by atoms with Crippen LogP contribution in [0.25, 0.3) is 0 Å². The van der Waals surface area contributed by atoms with Crippen LogP contribution in [0.2, 0.25) is 0 Å². The van der Waals surface area contributed by atoms with Gasteiger partial charge in [-0.2, -0.15) is 5.26 Å². The summed E-state index contributed by atoms with van der Waals surface area (Å²) >= 11 is 0. The topological polar surface area (TPSA) is 89.3 Å². The highest BCUT2D eigenvalue weighted by Gasteiger charge is 2.31. The molecule has 2 atom stereocenters. The van der Waals surface area contributed by atoms with Gasteiger partial charge in [0.15, 0.2) is 5.96 Å². The number of carbonyl (C=O) groups excluding carboxylic acids is 1. The number of carbonyl (C=O) groups is 1. The minimum absolute atomic E-state index is 0. The Hall–Kier alpha value is -1.89. The number of nitrogens with zero attached hydrogens (tertiary/aromatic N) is 2. The molecule has 1 aromatic carbocycles. The Labute approximate surface area is 182 Å². The lowest BCUT2D eigenvalue weighted by Crippen LogP contribution is -2.47. The fourth-order valence-electron chi connectivity index (χ4n) is 3.43. The summed E-state index contributed by atoms with van der Waals surface area (Å²) in [5.74, 6) is 0.399. The second-order valence-electron chi connectivity index (χ2n) is 7.33. The Morgan fingerprint density at radius 3 is 2.68 bits per heavy atom. The maximum atomic E-state index is 14.0. The van der Waals surface area contributed by atoms with Crippen molar-refractivity contribution in [2.24, 2.45) is 10.9 Å². The van der Waals surface area contributed by atoms with Crippen LogP contribution in [-0.2, 0) is 11.3 Å². The maximum absolute atomic E-state index is 14.0. The molecular formula is C20H27FIN5O. The van der Waals surface area contributed by atoms with Gasteiger partial charge in [-0.05, 0) is 44.2 Å². The SMILES string of the molecule is CN=C(NCc1ccc(C#N)cc1F)NC1CCCC(C(=O)NC2CC2)C1.I. The number of hydrogen-bond donors (Lipinski definition) is 3. The first-order chi connectivity index (χ1) is 13.1. The van der Waals surface area contributed by atoms with Crippen LogP contribution in [0, 0.1) is 23.1 Å². The lowest BCUT2D eigenvalue weighted by molar-refractivity contribution is -0.126. The smallest absolute Gasteiger partial charge is 0.223 e. The predicted octanol–water partition coefficient (Wildman–Crippen LogP) is 2.82. The number of hydrogen-bond acceptors (Lipinski definition) is 3. The molecule has 3 N–H and O–H groups in total. The van der Waals surface area contributed by atoms with E-state index in [1.54, 1.807) is 19.2 Å². The largest absolute Gasteiger partial charge is 0.354 e. The lowest BCUT2D eigenvalue weighted by Gasteiger charge is -2.30. The zero-order chi connectivity index (χ0) is 19.2. The molecule has 0 aliphatic heterocycles. The summed E-state index contributed by atoms with van der Waals surface area (Å²) in [6.07, 6.45) is 5.90. The molecule has 0 bridgehead atoms. The van der Waals surface area contributed by atoms with Crippen molar-refractivity contribution in [1.82, 2.24) is 16.0 Å². The maximum Gasteiger partial charge on any atom is 0.223 e. The number of benzene rings is 1. The van der Waals surface area contributed by atoms with Crippen molar-refractivity contribution in [1.29, 1.82) is 5.26 Å². The van der Waals surface area contributed by atoms with Crippen molar-refractivity contribution in [3.63, 3.8) is 0 Å². The summed E-state index contributed by atoms with van der Waals surface area (Å²) in [7, 11) is 1.67. The van der Waals surface area contributed by atoms with Crippen LogP contribution in [0.1, 0.15) is 49.7 Å². The molecule has 28 heavy (non-hydrogen) atoms. The van der Waals surface area contributed by atoms with Crippen LogP contribution in [-0.4, -0.2) is 31.0 Å². The van der Waals surface area contributed by atoms with E-state index >= 15 is 0 Å². The summed E-state index contributed by atoms with van der Waals surface area (Å²) in [6, 6.07) is 6.92. The van der Waals surface area contributed by atoms with Crippen molar-refractivity contribution < 1.29 is 9.18 Å². The number of rotatable bonds is 5. The summed E-state index contributed by atoms with van der Waals surface area (Å²) in [4.78, 5) is 16.5. The Balaban J connectivity index is 0.00000280. The minimum Gasteiger partial charge on any atom is -0.354 e. The molecule has 0 spiro atoms. The Morgan fingerprint density at radius 1 is 1.25 bits per heavy atom. The van der Waals surface area contributed by atoms with Gasteiger partial charge in [0, 0.05) is 37.2 Å². The predicted molar refractivity (Wildman–Crippen MR) is 117 cm³/mol. The van der Waals surface area contributed by atoms with Crippen molar-refractivity contribution in [2.75, 3.05) is 7.05 Å². The molecule has 2 unspecified atom stereocenters. The van der Waals surface area contributed by atoms with E-state index in [1.807, 2.05) is 6.07 Å². The van der Waals surface area contributed by atoms with Gasteiger partial charge in [-0.3, -0.25) is 9.79 Å². The van der Waals surface area contributed by atoms with E-state index in [2.05, 4.69) is 20.9 Å². The molecule has 3 rings (SSSR count). The molecule has 0 radical (unpaired) electrons. The van der Waals surface area contributed by atoms with Crippen molar-refractivity contribution in [3.05, 3.63) is 35.1 Å². The van der Waals surface area contributed by atoms with E-state index in [0.29, 0.717) is 23.1 Å². The molecule has 1 amide bonds. The molecule has 0 heterocycles. The van der Waals surface area contributed by atoms with Crippen molar-refractivity contribution in [3.8, 4) is 6.07 Å². The fourth-order valence-corrected chi connectivity index (χ4v) is 3.43. The van der Waals surface area contributed by atoms with Gasteiger partial charge in [-0.1, -0.05) is 12.5 Å². The third kappa shape index (κ3) is 6.33. The lowest BCUT2D eigenvalue weighted by atomic mass is 9.85. The van der Waals surface area contributed by atoms with E-state index in [-0.39, 0.29) is 48.4 Å². The van der Waals surface area contributed by atoms with Gasteiger partial charge in [0.25, 0.3) is 0 Å². The summed E-state index contributed by atoms with van der Waals surface area (Å²) in [5.41, 5.74) is 0.777. The quantitative estimate of drug-likeness (QED) is 0.330. The monoisotopic (exact) mass is 499 g/mol. The standard InChI is InChI=1S/C20H26FN5O.HI/c1-23-20(24-12-15-6-5-13(11-22)9-18(15)21)26-17-4-2-3-14(10-17)19(27)25-16-7-8-16;/h5-6,9,14,16-17H,2-4,7-8,10,12H2,1H3,(H,25,27)(H2,23,24,26);1H. The first-order valence-corrected chi connectivity index (χ1v) is 9.55. The summed E-state index contributed by atoms with van der Waals surface area (Å²) in [6.45, 7) is 0.273. The average Bonchev–Trinajstić information content (AvgIpc) is 3.50. The molecular weight excluding hydrogens is 472 g/mol. The molecule has 6 nitrogen and oxygen atoms in total. The van der Waals surface area contributed by atoms with Gasteiger partial charge in [-0.25, -0.2) is 4.39 Å². The summed E-state index contributed by atoms with van der Waals surface area (Å²) in [5, 5.41) is 18.4. The van der Waals surface area contributed by atoms with Gasteiger partial charge >= 0.3 is 0 Å². The fraction of sp³-hybridized carbons (Fsp3) is 0.550. The van der Waals surface area contributed by atoms with Crippen LogP contribution in [0.3, 0.4) is 0 Å². The van der Waals surface area contributed by atoms with Gasteiger partial charge < -0.3 is 16.0 Å². The molecule has 1 aromatic rings. The Bertz CT molecular complexity index is 759. The molecule has 8 heteroatoms. The second kappa shape index (κ2) is 10.6. The van der Waals surface area contributed by atoms with Crippen molar-refractivity contribution >= 4 is 35.8 Å². The zero-order valence-electron chi connectivity index (χ0n) is 16.0. The van der Waals surface area contributed by atoms with Crippen LogP contribution in [0.4, 0.5) is 4.39 Å². The van der Waals surface area contributed by atoms with Crippen molar-refractivity contribution in [2.45, 2.75) is 57.2 Å². The number of nitrogens with one attached hydrogen (secondary N) is 3. The van der Waals surface area contributed by atoms with E-state index < -0.39 is 5.82 Å². The first-order valence-electron chi connectivity index (χ1n) is 9.55. The van der Waals surface area contributed by atoms with E-state index in [0.717, 1.165) is 38.5 Å². The van der Waals surface area contributed by atoms with Gasteiger partial charge in [0.1, 0.15) is 5.82 Å². The number of nitriles is 1. The third-order valence-corrected chi connectivity index (χ3v) is 5.16. The molecule has 2 aliphatic rings. The number of halogens is 2. The molecule has 152 valence electrons. The van der Waals surface area contributed by atoms with Gasteiger partial charge in [-0.15, -0.1) is 24.0 Å². The second-order valence-corrected chi connectivity index (χ2v) is 7.33. The molecule has 2 saturated carbocycles. The minimum atomic E-state index is -0.411. The molecule has 0 saturated heterocycles. The third-order valence-electron chi connectivity index (χ3n) is 5.16. The Kier molecular flexibility index (Phi) is 8.48. The van der Waals surface area contributed by atoms with Crippen LogP contribution < -0.4 is 16.0 Å². The number of guanidine groups is 1. The highest BCUT2D eigenvalue weighted by atomic mass is 127.